The van der Waals surface area contributed by atoms with Gasteiger partial charge in [-0.05, 0) is 18.4 Å². The van der Waals surface area contributed by atoms with Crippen molar-refractivity contribution in [1.82, 2.24) is 31.5 Å². The average molecular weight is 504 g/mol. The topological polar surface area (TPSA) is 191 Å². The highest BCUT2D eigenvalue weighted by atomic mass is 16.5. The van der Waals surface area contributed by atoms with Crippen LogP contribution in [-0.4, -0.2) is 90.7 Å². The van der Waals surface area contributed by atoms with Crippen LogP contribution in [0.1, 0.15) is 18.4 Å². The van der Waals surface area contributed by atoms with Crippen molar-refractivity contribution >= 4 is 35.9 Å². The summed E-state index contributed by atoms with van der Waals surface area (Å²) in [6, 6.07) is 5.88. The van der Waals surface area contributed by atoms with Gasteiger partial charge in [-0.3, -0.25) is 19.5 Å². The van der Waals surface area contributed by atoms with Gasteiger partial charge in [-0.1, -0.05) is 30.3 Å². The summed E-state index contributed by atoms with van der Waals surface area (Å²) in [6.07, 6.45) is -0.00857. The Kier molecular flexibility index (Phi) is 9.42. The molecule has 2 atom stereocenters. The molecule has 2 aliphatic heterocycles. The van der Waals surface area contributed by atoms with E-state index in [1.807, 2.05) is 0 Å². The first kappa shape index (κ1) is 26.2. The van der Waals surface area contributed by atoms with Crippen molar-refractivity contribution in [3.8, 4) is 0 Å². The average Bonchev–Trinajstić information content (AvgIpc) is 3.47. The molecule has 2 aliphatic rings. The first-order valence-corrected chi connectivity index (χ1v) is 11.4. The van der Waals surface area contributed by atoms with Gasteiger partial charge in [0.1, 0.15) is 25.2 Å². The Morgan fingerprint density at radius 3 is 2.69 bits per heavy atom. The number of hydrogen-bond donors (Lipinski definition) is 6. The van der Waals surface area contributed by atoms with E-state index in [0.29, 0.717) is 31.9 Å². The molecule has 0 bridgehead atoms. The van der Waals surface area contributed by atoms with Gasteiger partial charge in [0, 0.05) is 19.6 Å². The van der Waals surface area contributed by atoms with E-state index in [-0.39, 0.29) is 6.61 Å². The van der Waals surface area contributed by atoms with Crippen LogP contribution in [0.25, 0.3) is 0 Å². The molecule has 0 radical (unpaired) electrons. The summed E-state index contributed by atoms with van der Waals surface area (Å²) in [5, 5.41) is 22.5. The second-order valence-electron chi connectivity index (χ2n) is 8.05. The molecule has 14 nitrogen and oxygen atoms in total. The molecule has 2 heterocycles. The smallest absolute Gasteiger partial charge is 0.408 e. The van der Waals surface area contributed by atoms with Crippen molar-refractivity contribution in [2.75, 3.05) is 32.7 Å². The molecular weight excluding hydrogens is 474 g/mol. The molecule has 194 valence electrons. The van der Waals surface area contributed by atoms with Gasteiger partial charge in [-0.25, -0.2) is 14.4 Å². The first-order chi connectivity index (χ1) is 17.3. The standard InChI is InChI=1S/C22H29N7O7/c30-17(26-11-16(19(32)33)28-22(35)36-13-14-5-2-1-3-6-14)12-29-18(31)15(27-21(29)34)7-4-8-23-20-24-9-10-25-20/h1-3,5-6,15-16H,4,7-13H2,(H,26,30)(H,27,34)(H,28,35)(H,32,33)(H2,23,24,25). The highest BCUT2D eigenvalue weighted by Crippen LogP contribution is 2.10. The molecule has 36 heavy (non-hydrogen) atoms. The zero-order chi connectivity index (χ0) is 25.9. The zero-order valence-electron chi connectivity index (χ0n) is 19.5. The fraction of sp³-hybridized carbons (Fsp3) is 0.455. The SMILES string of the molecule is O=C(CN1C(=O)NC(CCCNC2=NCCN2)C1=O)NCC(NC(=O)OCc1ccccc1)C(=O)O. The number of guanidine groups is 1. The summed E-state index contributed by atoms with van der Waals surface area (Å²) in [5.41, 5.74) is 0.719. The number of nitrogens with one attached hydrogen (secondary N) is 5. The maximum Gasteiger partial charge on any atom is 0.408 e. The number of carboxylic acid groups (broad SMARTS) is 1. The summed E-state index contributed by atoms with van der Waals surface area (Å²) in [4.78, 5) is 65.3. The maximum atomic E-state index is 12.5. The highest BCUT2D eigenvalue weighted by molar-refractivity contribution is 6.06. The van der Waals surface area contributed by atoms with Crippen LogP contribution in [0.3, 0.4) is 0 Å². The number of rotatable bonds is 12. The molecule has 1 fully saturated rings. The third kappa shape index (κ3) is 7.85. The number of aliphatic carboxylic acids is 1. The van der Waals surface area contributed by atoms with E-state index >= 15 is 0 Å². The molecule has 1 saturated heterocycles. The number of benzene rings is 1. The monoisotopic (exact) mass is 503 g/mol. The molecule has 0 spiro atoms. The number of carbonyl (C=O) groups excluding carboxylic acids is 4. The van der Waals surface area contributed by atoms with Crippen LogP contribution in [0.5, 0.6) is 0 Å². The van der Waals surface area contributed by atoms with E-state index in [9.17, 15) is 29.1 Å². The van der Waals surface area contributed by atoms with Crippen molar-refractivity contribution in [2.24, 2.45) is 4.99 Å². The van der Waals surface area contributed by atoms with Gasteiger partial charge in [0.25, 0.3) is 5.91 Å². The molecule has 14 heteroatoms. The molecule has 1 aromatic carbocycles. The number of carboxylic acids is 1. The minimum Gasteiger partial charge on any atom is -0.480 e. The molecule has 2 unspecified atom stereocenters. The summed E-state index contributed by atoms with van der Waals surface area (Å²) in [5.74, 6) is -1.98. The second kappa shape index (κ2) is 12.9. The van der Waals surface area contributed by atoms with Gasteiger partial charge in [0.05, 0.1) is 6.54 Å². The van der Waals surface area contributed by atoms with Crippen LogP contribution in [0.15, 0.2) is 35.3 Å². The summed E-state index contributed by atoms with van der Waals surface area (Å²) >= 11 is 0. The lowest BCUT2D eigenvalue weighted by Gasteiger charge is -2.17. The van der Waals surface area contributed by atoms with Crippen LogP contribution in [-0.2, 0) is 25.7 Å². The molecule has 1 aromatic rings. The fourth-order valence-corrected chi connectivity index (χ4v) is 3.47. The third-order valence-electron chi connectivity index (χ3n) is 5.35. The van der Waals surface area contributed by atoms with Gasteiger partial charge >= 0.3 is 18.1 Å². The Labute approximate surface area is 206 Å². The number of nitrogens with zero attached hydrogens (tertiary/aromatic N) is 2. The Bertz CT molecular complexity index is 1000. The Balaban J connectivity index is 1.38. The minimum absolute atomic E-state index is 0.0551. The largest absolute Gasteiger partial charge is 0.480 e. The van der Waals surface area contributed by atoms with E-state index < -0.39 is 55.1 Å². The molecule has 5 amide bonds. The first-order valence-electron chi connectivity index (χ1n) is 11.4. The Morgan fingerprint density at radius 1 is 1.22 bits per heavy atom. The number of amides is 5. The molecule has 0 saturated carbocycles. The normalized spacial score (nSPS) is 17.5. The maximum absolute atomic E-state index is 12.5. The second-order valence-corrected chi connectivity index (χ2v) is 8.05. The molecule has 3 rings (SSSR count). The number of aliphatic imine (C=N–C) groups is 1. The van der Waals surface area contributed by atoms with E-state index in [1.165, 1.54) is 0 Å². The van der Waals surface area contributed by atoms with Crippen molar-refractivity contribution in [2.45, 2.75) is 31.5 Å². The minimum atomic E-state index is -1.47. The molecular formula is C22H29N7O7. The molecule has 0 aliphatic carbocycles. The Morgan fingerprint density at radius 2 is 2.00 bits per heavy atom. The van der Waals surface area contributed by atoms with Crippen LogP contribution in [0.2, 0.25) is 0 Å². The van der Waals surface area contributed by atoms with Crippen molar-refractivity contribution in [1.29, 1.82) is 0 Å². The van der Waals surface area contributed by atoms with Crippen LogP contribution in [0, 0.1) is 0 Å². The van der Waals surface area contributed by atoms with Gasteiger partial charge < -0.3 is 36.4 Å². The van der Waals surface area contributed by atoms with Crippen LogP contribution in [0.4, 0.5) is 9.59 Å². The fourth-order valence-electron chi connectivity index (χ4n) is 3.47. The lowest BCUT2D eigenvalue weighted by atomic mass is 10.1. The van der Waals surface area contributed by atoms with Gasteiger partial charge in [-0.2, -0.15) is 0 Å². The summed E-state index contributed by atoms with van der Waals surface area (Å²) < 4.78 is 4.99. The predicted molar refractivity (Wildman–Crippen MR) is 126 cm³/mol. The summed E-state index contributed by atoms with van der Waals surface area (Å²) in [7, 11) is 0. The highest BCUT2D eigenvalue weighted by Gasteiger charge is 2.38. The van der Waals surface area contributed by atoms with Gasteiger partial charge in [0.2, 0.25) is 5.91 Å². The van der Waals surface area contributed by atoms with E-state index in [4.69, 9.17) is 4.74 Å². The Hall–Kier alpha value is -4.36. The number of alkyl carbamates (subject to hydrolysis) is 1. The quantitative estimate of drug-likeness (QED) is 0.149. The van der Waals surface area contributed by atoms with Crippen molar-refractivity contribution < 1.29 is 33.8 Å². The van der Waals surface area contributed by atoms with Crippen molar-refractivity contribution in [3.63, 3.8) is 0 Å². The lowest BCUT2D eigenvalue weighted by molar-refractivity contribution is -0.139. The lowest BCUT2D eigenvalue weighted by Crippen LogP contribution is -2.50. The summed E-state index contributed by atoms with van der Waals surface area (Å²) in [6.45, 7) is 0.941. The van der Waals surface area contributed by atoms with Crippen LogP contribution >= 0.6 is 0 Å². The van der Waals surface area contributed by atoms with E-state index in [2.05, 4.69) is 31.6 Å². The number of hydrogen-bond acceptors (Lipinski definition) is 9. The van der Waals surface area contributed by atoms with E-state index in [0.717, 1.165) is 17.0 Å². The molecule has 0 aromatic heterocycles. The third-order valence-corrected chi connectivity index (χ3v) is 5.35. The number of ether oxygens (including phenoxy) is 1. The van der Waals surface area contributed by atoms with Gasteiger partial charge in [-0.15, -0.1) is 0 Å². The number of imide groups is 1. The zero-order valence-corrected chi connectivity index (χ0v) is 19.5. The molecule has 6 N–H and O–H groups in total. The number of carbonyl (C=O) groups is 5. The van der Waals surface area contributed by atoms with E-state index in [1.54, 1.807) is 30.3 Å². The predicted octanol–water partition coefficient (Wildman–Crippen LogP) is -1.27. The van der Waals surface area contributed by atoms with Crippen LogP contribution < -0.4 is 26.6 Å². The number of urea groups is 1. The van der Waals surface area contributed by atoms with Crippen molar-refractivity contribution in [3.05, 3.63) is 35.9 Å². The van der Waals surface area contributed by atoms with Gasteiger partial charge in [0.15, 0.2) is 5.96 Å².